The Morgan fingerprint density at radius 3 is 2.60 bits per heavy atom. The molecule has 3 heterocycles. The van der Waals surface area contributed by atoms with Gasteiger partial charge in [0.2, 0.25) is 0 Å². The number of rotatable bonds is 5. The zero-order chi connectivity index (χ0) is 23.9. The van der Waals surface area contributed by atoms with Crippen LogP contribution in [0, 0.1) is 13.8 Å². The third kappa shape index (κ3) is 3.79. The molecule has 1 atom stereocenters. The molecule has 7 nitrogen and oxygen atoms in total. The van der Waals surface area contributed by atoms with Crippen molar-refractivity contribution < 1.29 is 0 Å². The van der Waals surface area contributed by atoms with Crippen molar-refractivity contribution in [3.8, 4) is 0 Å². The van der Waals surface area contributed by atoms with Crippen LogP contribution >= 0.6 is 0 Å². The fraction of sp³-hybridized carbons (Fsp3) is 0.214. The van der Waals surface area contributed by atoms with E-state index in [0.29, 0.717) is 17.9 Å². The minimum Gasteiger partial charge on any atom is -0.357 e. The Morgan fingerprint density at radius 2 is 1.74 bits per heavy atom. The molecule has 6 rings (SSSR count). The van der Waals surface area contributed by atoms with E-state index in [0.717, 1.165) is 40.7 Å². The van der Waals surface area contributed by atoms with Crippen molar-refractivity contribution in [3.05, 3.63) is 117 Å². The van der Waals surface area contributed by atoms with Crippen LogP contribution in [0.15, 0.2) is 77.6 Å². The van der Waals surface area contributed by atoms with Gasteiger partial charge in [0.25, 0.3) is 5.56 Å². The van der Waals surface area contributed by atoms with Gasteiger partial charge in [0, 0.05) is 23.3 Å². The number of H-pyrrole nitrogens is 1. The molecule has 0 aliphatic carbocycles. The Bertz CT molecular complexity index is 1590. The largest absolute Gasteiger partial charge is 0.357 e. The first-order valence-electron chi connectivity index (χ1n) is 11.9. The van der Waals surface area contributed by atoms with Crippen LogP contribution in [0.3, 0.4) is 0 Å². The molecular weight excluding hydrogens is 436 g/mol. The molecule has 0 unspecified atom stereocenters. The second-order valence-electron chi connectivity index (χ2n) is 9.23. The zero-order valence-electron chi connectivity index (χ0n) is 19.8. The fourth-order valence-electron chi connectivity index (χ4n) is 5.05. The van der Waals surface area contributed by atoms with Gasteiger partial charge in [-0.3, -0.25) is 4.79 Å². The maximum absolute atomic E-state index is 13.5. The quantitative estimate of drug-likeness (QED) is 0.421. The molecule has 1 aliphatic heterocycles. The van der Waals surface area contributed by atoms with E-state index in [1.54, 1.807) is 0 Å². The van der Waals surface area contributed by atoms with E-state index >= 15 is 0 Å². The van der Waals surface area contributed by atoms with Crippen molar-refractivity contribution in [2.45, 2.75) is 32.9 Å². The van der Waals surface area contributed by atoms with Gasteiger partial charge in [-0.15, -0.1) is 5.10 Å². The monoisotopic (exact) mass is 462 g/mol. The number of aromatic amines is 1. The summed E-state index contributed by atoms with van der Waals surface area (Å²) < 4.78 is 1.81. The SMILES string of the molecule is Cc1cc2cc([C@@H](c3nnnn3Cc3ccccc3)N3CCc4ccccc43)c(=O)[nH]c2cc1C. The van der Waals surface area contributed by atoms with Crippen LogP contribution in [0.25, 0.3) is 10.9 Å². The van der Waals surface area contributed by atoms with Crippen molar-refractivity contribution in [1.82, 2.24) is 25.2 Å². The maximum Gasteiger partial charge on any atom is 0.254 e. The highest BCUT2D eigenvalue weighted by atomic mass is 16.1. The molecule has 0 saturated heterocycles. The van der Waals surface area contributed by atoms with Gasteiger partial charge < -0.3 is 9.88 Å². The van der Waals surface area contributed by atoms with E-state index in [9.17, 15) is 4.79 Å². The summed E-state index contributed by atoms with van der Waals surface area (Å²) in [5.74, 6) is 0.652. The standard InChI is InChI=1S/C28H26N6O/c1-18-14-22-16-23(28(35)29-24(22)15-19(18)2)26(33-13-12-21-10-6-7-11-25(21)33)27-30-31-32-34(27)17-20-8-4-3-5-9-20/h3-11,14-16,26H,12-13,17H2,1-2H3,(H,29,35)/t26-/m0/s1. The molecular formula is C28H26N6O. The number of tetrazole rings is 1. The zero-order valence-corrected chi connectivity index (χ0v) is 19.8. The fourth-order valence-corrected chi connectivity index (χ4v) is 5.05. The van der Waals surface area contributed by atoms with E-state index in [4.69, 9.17) is 0 Å². The van der Waals surface area contributed by atoms with Gasteiger partial charge in [-0.05, 0) is 82.6 Å². The molecule has 174 valence electrons. The molecule has 5 aromatic rings. The van der Waals surface area contributed by atoms with Gasteiger partial charge in [0.05, 0.1) is 6.54 Å². The van der Waals surface area contributed by atoms with Gasteiger partial charge in [0.15, 0.2) is 5.82 Å². The lowest BCUT2D eigenvalue weighted by atomic mass is 10.0. The number of fused-ring (bicyclic) bond motifs is 2. The van der Waals surface area contributed by atoms with E-state index in [1.165, 1.54) is 11.1 Å². The molecule has 0 radical (unpaired) electrons. The van der Waals surface area contributed by atoms with Crippen LogP contribution in [0.4, 0.5) is 5.69 Å². The highest BCUT2D eigenvalue weighted by molar-refractivity contribution is 5.81. The lowest BCUT2D eigenvalue weighted by Gasteiger charge is -2.29. The van der Waals surface area contributed by atoms with Crippen LogP contribution in [0.2, 0.25) is 0 Å². The number of hydrogen-bond donors (Lipinski definition) is 1. The Kier molecular flexibility index (Phi) is 5.17. The number of aryl methyl sites for hydroxylation is 2. The number of benzene rings is 3. The van der Waals surface area contributed by atoms with E-state index in [-0.39, 0.29) is 5.56 Å². The molecule has 7 heteroatoms. The Morgan fingerprint density at radius 1 is 0.971 bits per heavy atom. The van der Waals surface area contributed by atoms with Gasteiger partial charge in [0.1, 0.15) is 6.04 Å². The summed E-state index contributed by atoms with van der Waals surface area (Å²) in [6.45, 7) is 5.46. The number of aromatic nitrogens is 5. The first-order chi connectivity index (χ1) is 17.1. The van der Waals surface area contributed by atoms with Crippen molar-refractivity contribution >= 4 is 16.6 Å². The predicted octanol–water partition coefficient (Wildman–Crippen LogP) is 4.33. The topological polar surface area (TPSA) is 79.7 Å². The summed E-state index contributed by atoms with van der Waals surface area (Å²) in [5.41, 5.74) is 7.18. The summed E-state index contributed by atoms with van der Waals surface area (Å²) >= 11 is 0. The Labute approximate surface area is 203 Å². The number of nitrogens with zero attached hydrogens (tertiary/aromatic N) is 5. The van der Waals surface area contributed by atoms with Gasteiger partial charge >= 0.3 is 0 Å². The molecule has 35 heavy (non-hydrogen) atoms. The summed E-state index contributed by atoms with van der Waals surface area (Å²) in [4.78, 5) is 18.9. The van der Waals surface area contributed by atoms with Crippen LogP contribution in [-0.2, 0) is 13.0 Å². The third-order valence-electron chi connectivity index (χ3n) is 7.00. The lowest BCUT2D eigenvalue weighted by Crippen LogP contribution is -2.34. The predicted molar refractivity (Wildman–Crippen MR) is 137 cm³/mol. The minimum atomic E-state index is -0.424. The maximum atomic E-state index is 13.5. The molecule has 1 N–H and O–H groups in total. The second kappa shape index (κ2) is 8.51. The summed E-state index contributed by atoms with van der Waals surface area (Å²) in [7, 11) is 0. The normalized spacial score (nSPS) is 13.8. The van der Waals surface area contributed by atoms with Crippen molar-refractivity contribution in [3.63, 3.8) is 0 Å². The van der Waals surface area contributed by atoms with Crippen molar-refractivity contribution in [1.29, 1.82) is 0 Å². The van der Waals surface area contributed by atoms with E-state index in [2.05, 4.69) is 75.7 Å². The van der Waals surface area contributed by atoms with Crippen LogP contribution in [-0.4, -0.2) is 31.7 Å². The molecule has 0 spiro atoms. The third-order valence-corrected chi connectivity index (χ3v) is 7.00. The van der Waals surface area contributed by atoms with Crippen molar-refractivity contribution in [2.24, 2.45) is 0 Å². The first kappa shape index (κ1) is 21.3. The minimum absolute atomic E-state index is 0.121. The molecule has 0 bridgehead atoms. The van der Waals surface area contributed by atoms with Crippen LogP contribution in [0.1, 0.15) is 39.7 Å². The first-order valence-corrected chi connectivity index (χ1v) is 11.9. The second-order valence-corrected chi connectivity index (χ2v) is 9.23. The highest BCUT2D eigenvalue weighted by Gasteiger charge is 2.34. The number of anilines is 1. The number of pyridine rings is 1. The highest BCUT2D eigenvalue weighted by Crippen LogP contribution is 2.37. The summed E-state index contributed by atoms with van der Waals surface area (Å²) in [6, 6.07) is 24.2. The van der Waals surface area contributed by atoms with Crippen LogP contribution in [0.5, 0.6) is 0 Å². The molecule has 0 saturated carbocycles. The smallest absolute Gasteiger partial charge is 0.254 e. The number of hydrogen-bond acceptors (Lipinski definition) is 5. The molecule has 3 aromatic carbocycles. The molecule has 0 amide bonds. The molecule has 0 fully saturated rings. The Hall–Kier alpha value is -4.26. The van der Waals surface area contributed by atoms with Crippen LogP contribution < -0.4 is 10.5 Å². The average molecular weight is 463 g/mol. The van der Waals surface area contributed by atoms with Gasteiger partial charge in [-0.25, -0.2) is 4.68 Å². The average Bonchev–Trinajstić information content (AvgIpc) is 3.49. The van der Waals surface area contributed by atoms with Gasteiger partial charge in [-0.1, -0.05) is 48.5 Å². The molecule has 2 aromatic heterocycles. The van der Waals surface area contributed by atoms with E-state index < -0.39 is 6.04 Å². The summed E-state index contributed by atoms with van der Waals surface area (Å²) in [5, 5.41) is 13.8. The number of para-hydroxylation sites is 1. The lowest BCUT2D eigenvalue weighted by molar-refractivity contribution is 0.577. The van der Waals surface area contributed by atoms with E-state index in [1.807, 2.05) is 41.1 Å². The van der Waals surface area contributed by atoms with Crippen molar-refractivity contribution in [2.75, 3.05) is 11.4 Å². The molecule has 1 aliphatic rings. The van der Waals surface area contributed by atoms with Gasteiger partial charge in [-0.2, -0.15) is 0 Å². The summed E-state index contributed by atoms with van der Waals surface area (Å²) in [6.07, 6.45) is 0.913. The Balaban J connectivity index is 1.54. The number of nitrogens with one attached hydrogen (secondary N) is 1.